The highest BCUT2D eigenvalue weighted by Crippen LogP contribution is 2.44. The zero-order valence-electron chi connectivity index (χ0n) is 25.5. The maximum absolute atomic E-state index is 13.8. The van der Waals surface area contributed by atoms with E-state index in [0.29, 0.717) is 45.9 Å². The summed E-state index contributed by atoms with van der Waals surface area (Å²) in [6.45, 7) is 5.88. The van der Waals surface area contributed by atoms with E-state index in [1.54, 1.807) is 13.3 Å². The number of halogens is 1. The second-order valence-electron chi connectivity index (χ2n) is 12.8. The van der Waals surface area contributed by atoms with Gasteiger partial charge in [-0.15, -0.1) is 0 Å². The highest BCUT2D eigenvalue weighted by Gasteiger charge is 2.46. The monoisotopic (exact) mass is 609 g/mol. The number of fused-ring (bicyclic) bond motifs is 4. The molecule has 1 amide bonds. The van der Waals surface area contributed by atoms with Crippen LogP contribution in [-0.2, 0) is 13.6 Å². The fourth-order valence-electron chi connectivity index (χ4n) is 7.44. The summed E-state index contributed by atoms with van der Waals surface area (Å²) in [5.41, 5.74) is 5.69. The number of hydrogen-bond acceptors (Lipinski definition) is 6. The third-order valence-electron chi connectivity index (χ3n) is 10.1. The summed E-state index contributed by atoms with van der Waals surface area (Å²) in [5, 5.41) is 5.00. The number of hydrogen-bond donors (Lipinski definition) is 1. The summed E-state index contributed by atoms with van der Waals surface area (Å²) in [5.74, 6) is 4.06. The van der Waals surface area contributed by atoms with Crippen molar-refractivity contribution in [3.63, 3.8) is 0 Å². The SMILES string of the molecule is COc1cc(C(=O)N2CC3CCC2[C@@H]3C)cc2nc(-c3cc4ccc(Nc5ccnc(C)c5Cl)nc4n3CC3CC3)n(C)c12. The Morgan fingerprint density at radius 3 is 2.68 bits per heavy atom. The molecule has 1 N–H and O–H groups in total. The summed E-state index contributed by atoms with van der Waals surface area (Å²) in [6, 6.07) is 12.2. The molecule has 226 valence electrons. The molecular weight excluding hydrogens is 574 g/mol. The molecule has 3 atom stereocenters. The zero-order valence-corrected chi connectivity index (χ0v) is 26.2. The fraction of sp³-hybridized carbons (Fsp3) is 0.412. The van der Waals surface area contributed by atoms with Gasteiger partial charge in [-0.3, -0.25) is 9.78 Å². The molecule has 0 spiro atoms. The van der Waals surface area contributed by atoms with Crippen LogP contribution in [0.15, 0.2) is 42.6 Å². The van der Waals surface area contributed by atoms with E-state index in [2.05, 4.69) is 43.4 Å². The van der Waals surface area contributed by atoms with Crippen LogP contribution in [0, 0.1) is 24.7 Å². The number of piperidine rings is 1. The number of aromatic nitrogens is 5. The van der Waals surface area contributed by atoms with Gasteiger partial charge in [0.15, 0.2) is 5.82 Å². The first-order chi connectivity index (χ1) is 21.3. The van der Waals surface area contributed by atoms with Gasteiger partial charge in [-0.1, -0.05) is 18.5 Å². The maximum Gasteiger partial charge on any atom is 0.254 e. The van der Waals surface area contributed by atoms with Crippen molar-refractivity contribution in [2.75, 3.05) is 19.0 Å². The Balaban J connectivity index is 1.21. The lowest BCUT2D eigenvalue weighted by molar-refractivity contribution is 0.0696. The van der Waals surface area contributed by atoms with Gasteiger partial charge in [0.2, 0.25) is 0 Å². The average Bonchev–Trinajstić information content (AvgIpc) is 3.43. The van der Waals surface area contributed by atoms with Crippen LogP contribution in [0.3, 0.4) is 0 Å². The highest BCUT2D eigenvalue weighted by atomic mass is 35.5. The number of rotatable bonds is 7. The minimum absolute atomic E-state index is 0.0769. The number of likely N-dealkylation sites (tertiary alicyclic amines) is 1. The molecule has 1 aromatic carbocycles. The van der Waals surface area contributed by atoms with Gasteiger partial charge in [0.25, 0.3) is 5.91 Å². The first-order valence-electron chi connectivity index (χ1n) is 15.5. The smallest absolute Gasteiger partial charge is 0.254 e. The van der Waals surface area contributed by atoms with Crippen molar-refractivity contribution < 1.29 is 9.53 Å². The van der Waals surface area contributed by atoms with Crippen molar-refractivity contribution >= 4 is 51.1 Å². The Bertz CT molecular complexity index is 1960. The van der Waals surface area contributed by atoms with Crippen molar-refractivity contribution in [3.8, 4) is 17.3 Å². The number of benzene rings is 1. The second kappa shape index (κ2) is 10.2. The second-order valence-corrected chi connectivity index (χ2v) is 13.2. The predicted molar refractivity (Wildman–Crippen MR) is 173 cm³/mol. The number of pyridine rings is 2. The number of imidazole rings is 1. The third-order valence-corrected chi connectivity index (χ3v) is 10.6. The van der Waals surface area contributed by atoms with Gasteiger partial charge < -0.3 is 24.1 Å². The Kier molecular flexibility index (Phi) is 6.38. The van der Waals surface area contributed by atoms with E-state index in [1.807, 2.05) is 38.2 Å². The number of nitrogens with one attached hydrogen (secondary N) is 1. The molecule has 5 aromatic rings. The lowest BCUT2D eigenvalue weighted by Gasteiger charge is -2.27. The quantitative estimate of drug-likeness (QED) is 0.214. The van der Waals surface area contributed by atoms with E-state index in [0.717, 1.165) is 64.5 Å². The van der Waals surface area contributed by atoms with Gasteiger partial charge >= 0.3 is 0 Å². The van der Waals surface area contributed by atoms with Crippen molar-refractivity contribution in [3.05, 3.63) is 58.9 Å². The summed E-state index contributed by atoms with van der Waals surface area (Å²) in [6.07, 6.45) is 6.48. The Hall–Kier alpha value is -4.11. The van der Waals surface area contributed by atoms with Gasteiger partial charge in [0.1, 0.15) is 22.7 Å². The zero-order chi connectivity index (χ0) is 30.3. The molecule has 2 bridgehead atoms. The number of carbonyl (C=O) groups excluding carboxylic acids is 1. The van der Waals surface area contributed by atoms with Gasteiger partial charge in [-0.05, 0) is 86.8 Å². The first kappa shape index (κ1) is 27.4. The number of ether oxygens (including phenoxy) is 1. The molecule has 2 aliphatic carbocycles. The molecule has 2 saturated carbocycles. The number of nitrogens with zero attached hydrogens (tertiary/aromatic N) is 6. The van der Waals surface area contributed by atoms with E-state index in [9.17, 15) is 4.79 Å². The molecule has 3 fully saturated rings. The van der Waals surface area contributed by atoms with Crippen LogP contribution in [0.25, 0.3) is 33.6 Å². The van der Waals surface area contributed by atoms with Gasteiger partial charge in [-0.25, -0.2) is 9.97 Å². The van der Waals surface area contributed by atoms with Gasteiger partial charge in [0.05, 0.1) is 34.7 Å². The summed E-state index contributed by atoms with van der Waals surface area (Å²) in [7, 11) is 3.68. The Morgan fingerprint density at radius 2 is 1.95 bits per heavy atom. The molecule has 1 saturated heterocycles. The topological polar surface area (TPSA) is 90.1 Å². The Labute approximate surface area is 261 Å². The first-order valence-corrected chi connectivity index (χ1v) is 15.9. The molecule has 1 aliphatic heterocycles. The van der Waals surface area contributed by atoms with Crippen molar-refractivity contribution in [1.29, 1.82) is 0 Å². The average molecular weight is 610 g/mol. The molecule has 5 heterocycles. The molecule has 9 nitrogen and oxygen atoms in total. The molecule has 8 rings (SSSR count). The minimum Gasteiger partial charge on any atom is -0.494 e. The summed E-state index contributed by atoms with van der Waals surface area (Å²) >= 11 is 6.52. The lowest BCUT2D eigenvalue weighted by atomic mass is 10.0. The Morgan fingerprint density at radius 1 is 1.11 bits per heavy atom. The van der Waals surface area contributed by atoms with E-state index >= 15 is 0 Å². The van der Waals surface area contributed by atoms with Crippen LogP contribution in [0.1, 0.15) is 48.7 Å². The number of methoxy groups -OCH3 is 1. The van der Waals surface area contributed by atoms with E-state index < -0.39 is 0 Å². The van der Waals surface area contributed by atoms with E-state index in [4.69, 9.17) is 26.3 Å². The van der Waals surface area contributed by atoms with Crippen molar-refractivity contribution in [1.82, 2.24) is 29.0 Å². The molecule has 4 aromatic heterocycles. The molecule has 10 heteroatoms. The van der Waals surface area contributed by atoms with E-state index in [1.165, 1.54) is 19.3 Å². The molecule has 2 unspecified atom stereocenters. The number of carbonyl (C=O) groups is 1. The largest absolute Gasteiger partial charge is 0.494 e. The summed E-state index contributed by atoms with van der Waals surface area (Å²) in [4.78, 5) is 30.3. The lowest BCUT2D eigenvalue weighted by Crippen LogP contribution is -2.38. The van der Waals surface area contributed by atoms with Gasteiger partial charge in [-0.2, -0.15) is 0 Å². The van der Waals surface area contributed by atoms with Crippen LogP contribution >= 0.6 is 11.6 Å². The standard InChI is InChI=1S/C34H36ClN7O2/c1-18-22-7-9-26(18)42(17-22)34(43)23-13-25-31(28(15-23)44-4)40(3)33(38-25)27-14-21-8-10-29(37-24-11-12-36-19(2)30(24)35)39-32(21)41(27)16-20-5-6-20/h8,10-15,18,20,22,26H,5-7,9,16-17H2,1-4H3,(H,36,37,39)/t18-,22?,26?/m1/s1. The number of amides is 1. The molecular formula is C34H36ClN7O2. The van der Waals surface area contributed by atoms with Crippen LogP contribution in [0.5, 0.6) is 5.75 Å². The van der Waals surface area contributed by atoms with Crippen LogP contribution < -0.4 is 10.1 Å². The normalized spacial score (nSPS) is 21.1. The van der Waals surface area contributed by atoms with Gasteiger partial charge in [0, 0.05) is 43.3 Å². The predicted octanol–water partition coefficient (Wildman–Crippen LogP) is 6.98. The molecule has 44 heavy (non-hydrogen) atoms. The van der Waals surface area contributed by atoms with E-state index in [-0.39, 0.29) is 5.91 Å². The number of aryl methyl sites for hydroxylation is 2. The van der Waals surface area contributed by atoms with Crippen molar-refractivity contribution in [2.24, 2.45) is 24.8 Å². The molecule has 3 aliphatic rings. The third kappa shape index (κ3) is 4.35. The highest BCUT2D eigenvalue weighted by molar-refractivity contribution is 6.33. The van der Waals surface area contributed by atoms with Crippen LogP contribution in [0.4, 0.5) is 11.5 Å². The maximum atomic E-state index is 13.8. The minimum atomic E-state index is 0.0769. The molecule has 0 radical (unpaired) electrons. The van der Waals surface area contributed by atoms with Crippen LogP contribution in [0.2, 0.25) is 5.02 Å². The summed E-state index contributed by atoms with van der Waals surface area (Å²) < 4.78 is 10.2. The van der Waals surface area contributed by atoms with Crippen molar-refractivity contribution in [2.45, 2.75) is 52.1 Å². The fourth-order valence-corrected chi connectivity index (χ4v) is 7.60. The van der Waals surface area contributed by atoms with Crippen LogP contribution in [-0.4, -0.2) is 54.6 Å². The number of anilines is 2.